The molecule has 0 rings (SSSR count). The normalized spacial score (nSPS) is 11.1. The predicted molar refractivity (Wildman–Crippen MR) is 64.8 cm³/mol. The minimum Gasteiger partial charge on any atom is -0.303 e. The van der Waals surface area contributed by atoms with Gasteiger partial charge >= 0.3 is 0 Å². The zero-order valence-electron chi connectivity index (χ0n) is 9.47. The third-order valence-electron chi connectivity index (χ3n) is 1.59. The van der Waals surface area contributed by atoms with Gasteiger partial charge in [0.25, 0.3) is 0 Å². The first-order valence-electron chi connectivity index (χ1n) is 5.17. The van der Waals surface area contributed by atoms with Crippen LogP contribution < -0.4 is 0 Å². The highest BCUT2D eigenvalue weighted by Crippen LogP contribution is 1.99. The van der Waals surface area contributed by atoms with E-state index in [9.17, 15) is 4.79 Å². The van der Waals surface area contributed by atoms with Crippen LogP contribution in [0.25, 0.3) is 0 Å². The molecule has 1 nitrogen and oxygen atoms in total. The quantitative estimate of drug-likeness (QED) is 0.293. The monoisotopic (exact) mass is 208 g/mol. The summed E-state index contributed by atoms with van der Waals surface area (Å²) in [6.07, 6.45) is 8.83. The molecule has 0 bridgehead atoms. The lowest BCUT2D eigenvalue weighted by Crippen LogP contribution is -2.16. The van der Waals surface area contributed by atoms with Crippen LogP contribution in [0.15, 0.2) is 12.2 Å². The van der Waals surface area contributed by atoms with E-state index in [1.165, 1.54) is 0 Å². The molecule has 0 fully saturated rings. The summed E-state index contributed by atoms with van der Waals surface area (Å²) < 4.78 is 0. The van der Waals surface area contributed by atoms with Gasteiger partial charge in [0.15, 0.2) is 0 Å². The van der Waals surface area contributed by atoms with E-state index in [-0.39, 0.29) is 0 Å². The first-order chi connectivity index (χ1) is 6.56. The molecule has 0 aromatic carbocycles. The predicted octanol–water partition coefficient (Wildman–Crippen LogP) is 3.18. The number of hydrogen-bond acceptors (Lipinski definition) is 1. The van der Waals surface area contributed by atoms with E-state index < -0.39 is 8.07 Å². The van der Waals surface area contributed by atoms with Crippen LogP contribution in [0, 0.1) is 11.5 Å². The fraction of sp³-hybridized carbons (Fsp3) is 0.583. The first kappa shape index (κ1) is 13.2. The van der Waals surface area contributed by atoms with Crippen LogP contribution in [-0.2, 0) is 4.79 Å². The van der Waals surface area contributed by atoms with Crippen molar-refractivity contribution in [3.05, 3.63) is 12.2 Å². The second kappa shape index (κ2) is 7.58. The van der Waals surface area contributed by atoms with Crippen LogP contribution in [0.5, 0.6) is 0 Å². The second-order valence-corrected chi connectivity index (χ2v) is 9.12. The third-order valence-corrected chi connectivity index (χ3v) is 2.49. The van der Waals surface area contributed by atoms with Gasteiger partial charge in [-0.25, -0.2) is 0 Å². The van der Waals surface area contributed by atoms with E-state index in [1.807, 2.05) is 6.08 Å². The topological polar surface area (TPSA) is 17.1 Å². The summed E-state index contributed by atoms with van der Waals surface area (Å²) in [7, 11) is -1.20. The fourth-order valence-corrected chi connectivity index (χ4v) is 1.41. The highest BCUT2D eigenvalue weighted by Gasteiger charge is 2.06. The minimum absolute atomic E-state index is 0.689. The minimum atomic E-state index is -1.20. The van der Waals surface area contributed by atoms with Gasteiger partial charge in [-0.05, 0) is 25.3 Å². The zero-order chi connectivity index (χ0) is 10.9. The summed E-state index contributed by atoms with van der Waals surface area (Å²) in [4.78, 5) is 10.0. The molecule has 0 radical (unpaired) electrons. The molecule has 0 spiro atoms. The average molecular weight is 208 g/mol. The number of rotatable bonds is 5. The molecule has 0 aliphatic carbocycles. The van der Waals surface area contributed by atoms with Gasteiger partial charge in [0.05, 0.1) is 0 Å². The van der Waals surface area contributed by atoms with Crippen LogP contribution >= 0.6 is 0 Å². The Bertz CT molecular complexity index is 237. The van der Waals surface area contributed by atoms with Gasteiger partial charge in [-0.15, -0.1) is 5.54 Å². The van der Waals surface area contributed by atoms with E-state index in [2.05, 4.69) is 37.2 Å². The van der Waals surface area contributed by atoms with Crippen LogP contribution in [0.1, 0.15) is 25.7 Å². The largest absolute Gasteiger partial charge is 0.303 e. The maximum absolute atomic E-state index is 10.0. The van der Waals surface area contributed by atoms with Crippen molar-refractivity contribution in [2.24, 2.45) is 0 Å². The van der Waals surface area contributed by atoms with E-state index in [4.69, 9.17) is 0 Å². The van der Waals surface area contributed by atoms with E-state index in [1.54, 1.807) is 0 Å². The molecule has 0 atom stereocenters. The molecule has 0 saturated carbocycles. The van der Waals surface area contributed by atoms with Gasteiger partial charge in [-0.3, -0.25) is 0 Å². The third kappa shape index (κ3) is 11.2. The number of aldehydes is 1. The van der Waals surface area contributed by atoms with Crippen molar-refractivity contribution in [3.63, 3.8) is 0 Å². The summed E-state index contributed by atoms with van der Waals surface area (Å²) in [5.74, 6) is 3.08. The molecule has 0 aromatic heterocycles. The van der Waals surface area contributed by atoms with Gasteiger partial charge < -0.3 is 4.79 Å². The second-order valence-electron chi connectivity index (χ2n) is 4.37. The van der Waals surface area contributed by atoms with E-state index >= 15 is 0 Å². The maximum atomic E-state index is 10.0. The Hall–Kier alpha value is -0.813. The van der Waals surface area contributed by atoms with Gasteiger partial charge in [0.1, 0.15) is 14.4 Å². The van der Waals surface area contributed by atoms with Gasteiger partial charge in [-0.1, -0.05) is 31.6 Å². The van der Waals surface area contributed by atoms with Crippen LogP contribution in [-0.4, -0.2) is 14.4 Å². The summed E-state index contributed by atoms with van der Waals surface area (Å²) in [5, 5.41) is 0. The van der Waals surface area contributed by atoms with Crippen LogP contribution in [0.4, 0.5) is 0 Å². The van der Waals surface area contributed by atoms with Gasteiger partial charge in [0.2, 0.25) is 0 Å². The van der Waals surface area contributed by atoms with Crippen molar-refractivity contribution < 1.29 is 4.79 Å². The lowest BCUT2D eigenvalue weighted by atomic mass is 10.2. The lowest BCUT2D eigenvalue weighted by molar-refractivity contribution is -0.107. The van der Waals surface area contributed by atoms with Crippen LogP contribution in [0.2, 0.25) is 19.6 Å². The van der Waals surface area contributed by atoms with Crippen molar-refractivity contribution in [1.29, 1.82) is 0 Å². The molecule has 14 heavy (non-hydrogen) atoms. The highest BCUT2D eigenvalue weighted by atomic mass is 28.3. The number of carbonyl (C=O) groups is 1. The van der Waals surface area contributed by atoms with Gasteiger partial charge in [0, 0.05) is 6.42 Å². The first-order valence-corrected chi connectivity index (χ1v) is 8.67. The molecular weight excluding hydrogens is 188 g/mol. The Kier molecular flexibility index (Phi) is 7.14. The molecule has 0 aliphatic heterocycles. The molecule has 0 aromatic rings. The SMILES string of the molecule is C[Si](C)(C)C#C/C=C/CCCCC=O. The average Bonchev–Trinajstić information content (AvgIpc) is 2.08. The standard InChI is InChI=1S/C12H20OSi/c1-14(2,3)12-10-8-6-4-5-7-9-11-13/h6,8,11H,4-5,7,9H2,1-3H3/b8-6+. The van der Waals surface area contributed by atoms with Crippen molar-refractivity contribution in [2.75, 3.05) is 0 Å². The fourth-order valence-electron chi connectivity index (χ4n) is 0.890. The molecule has 0 aliphatic rings. The maximum Gasteiger partial charge on any atom is 0.129 e. The Morgan fingerprint density at radius 3 is 2.36 bits per heavy atom. The van der Waals surface area contributed by atoms with Crippen molar-refractivity contribution in [2.45, 2.75) is 45.3 Å². The Morgan fingerprint density at radius 2 is 1.79 bits per heavy atom. The van der Waals surface area contributed by atoms with E-state index in [0.29, 0.717) is 6.42 Å². The summed E-state index contributed by atoms with van der Waals surface area (Å²) >= 11 is 0. The Labute approximate surface area is 88.6 Å². The number of allylic oxidation sites excluding steroid dienone is 2. The zero-order valence-corrected chi connectivity index (χ0v) is 10.5. The molecule has 0 amide bonds. The smallest absolute Gasteiger partial charge is 0.129 e. The molecule has 0 heterocycles. The summed E-state index contributed by atoms with van der Waals surface area (Å²) in [5.41, 5.74) is 3.27. The van der Waals surface area contributed by atoms with Crippen LogP contribution in [0.3, 0.4) is 0 Å². The Morgan fingerprint density at radius 1 is 1.14 bits per heavy atom. The number of unbranched alkanes of at least 4 members (excludes halogenated alkanes) is 3. The number of hydrogen-bond donors (Lipinski definition) is 0. The molecule has 0 unspecified atom stereocenters. The Balaban J connectivity index is 3.53. The van der Waals surface area contributed by atoms with Crippen molar-refractivity contribution in [1.82, 2.24) is 0 Å². The summed E-state index contributed by atoms with van der Waals surface area (Å²) in [6, 6.07) is 0. The van der Waals surface area contributed by atoms with Gasteiger partial charge in [-0.2, -0.15) is 0 Å². The highest BCUT2D eigenvalue weighted by molar-refractivity contribution is 6.83. The lowest BCUT2D eigenvalue weighted by Gasteiger charge is -2.02. The molecule has 78 valence electrons. The van der Waals surface area contributed by atoms with E-state index in [0.717, 1.165) is 25.5 Å². The molecule has 0 saturated heterocycles. The molecular formula is C12H20OSi. The number of carbonyl (C=O) groups excluding carboxylic acids is 1. The molecule has 2 heteroatoms. The molecule has 0 N–H and O–H groups in total. The van der Waals surface area contributed by atoms with Crippen molar-refractivity contribution >= 4 is 14.4 Å². The summed E-state index contributed by atoms with van der Waals surface area (Å²) in [6.45, 7) is 6.70. The van der Waals surface area contributed by atoms with Crippen molar-refractivity contribution in [3.8, 4) is 11.5 Å².